The molecule has 0 radical (unpaired) electrons. The largest absolute Gasteiger partial charge is 0.378 e. The number of nitrogens with zero attached hydrogens (tertiary/aromatic N) is 2. The van der Waals surface area contributed by atoms with Crippen molar-refractivity contribution in [1.29, 1.82) is 0 Å². The Morgan fingerprint density at radius 1 is 1.50 bits per heavy atom. The number of ether oxygens (including phenoxy) is 1. The van der Waals surface area contributed by atoms with E-state index in [0.29, 0.717) is 18.1 Å². The maximum atomic E-state index is 5.58. The molecule has 88 valence electrons. The van der Waals surface area contributed by atoms with Gasteiger partial charge >= 0.3 is 0 Å². The molecule has 4 nitrogen and oxygen atoms in total. The lowest BCUT2D eigenvalue weighted by atomic mass is 9.89. The Morgan fingerprint density at radius 3 is 2.88 bits per heavy atom. The molecule has 0 atom stereocenters. The van der Waals surface area contributed by atoms with Gasteiger partial charge < -0.3 is 9.30 Å². The zero-order valence-corrected chi connectivity index (χ0v) is 10.3. The third-order valence-corrected chi connectivity index (χ3v) is 3.80. The molecule has 0 spiro atoms. The average molecular weight is 239 g/mol. The Hall–Kier alpha value is -0.680. The Bertz CT molecular complexity index is 429. The van der Waals surface area contributed by atoms with E-state index in [9.17, 15) is 0 Å². The molecule has 0 saturated heterocycles. The van der Waals surface area contributed by atoms with Gasteiger partial charge in [-0.3, -0.25) is 5.10 Å². The van der Waals surface area contributed by atoms with Crippen molar-refractivity contribution in [2.24, 2.45) is 0 Å². The van der Waals surface area contributed by atoms with Crippen molar-refractivity contribution in [3.8, 4) is 0 Å². The van der Waals surface area contributed by atoms with E-state index in [-0.39, 0.29) is 0 Å². The van der Waals surface area contributed by atoms with Gasteiger partial charge in [0.25, 0.3) is 0 Å². The molecule has 1 N–H and O–H groups in total. The summed E-state index contributed by atoms with van der Waals surface area (Å²) in [7, 11) is 0. The molecule has 0 amide bonds. The summed E-state index contributed by atoms with van der Waals surface area (Å²) in [5.74, 6) is 1.82. The van der Waals surface area contributed by atoms with Crippen molar-refractivity contribution in [3.63, 3.8) is 0 Å². The van der Waals surface area contributed by atoms with Crippen LogP contribution in [0.1, 0.15) is 50.4 Å². The van der Waals surface area contributed by atoms with Crippen LogP contribution in [-0.4, -0.2) is 27.5 Å². The van der Waals surface area contributed by atoms with Crippen molar-refractivity contribution in [2.75, 3.05) is 6.61 Å². The minimum absolute atomic E-state index is 0.429. The zero-order valence-electron chi connectivity index (χ0n) is 9.48. The van der Waals surface area contributed by atoms with Gasteiger partial charge in [-0.1, -0.05) is 0 Å². The van der Waals surface area contributed by atoms with Crippen LogP contribution in [0, 0.1) is 4.77 Å². The predicted molar refractivity (Wildman–Crippen MR) is 63.1 cm³/mol. The van der Waals surface area contributed by atoms with E-state index in [1.807, 2.05) is 6.92 Å². The van der Waals surface area contributed by atoms with Gasteiger partial charge in [-0.25, -0.2) is 0 Å². The van der Waals surface area contributed by atoms with Crippen LogP contribution in [0.3, 0.4) is 0 Å². The summed E-state index contributed by atoms with van der Waals surface area (Å²) in [5.41, 5.74) is 0. The molecule has 0 unspecified atom stereocenters. The van der Waals surface area contributed by atoms with Crippen molar-refractivity contribution < 1.29 is 4.74 Å². The Balaban J connectivity index is 1.75. The minimum atomic E-state index is 0.429. The highest BCUT2D eigenvalue weighted by atomic mass is 32.1. The number of aromatic amines is 1. The summed E-state index contributed by atoms with van der Waals surface area (Å²) >= 11 is 5.30. The van der Waals surface area contributed by atoms with E-state index in [2.05, 4.69) is 14.8 Å². The number of nitrogens with one attached hydrogen (secondary N) is 1. The summed E-state index contributed by atoms with van der Waals surface area (Å²) in [4.78, 5) is 0. The molecule has 0 aliphatic heterocycles. The fourth-order valence-corrected chi connectivity index (χ4v) is 2.71. The highest BCUT2D eigenvalue weighted by molar-refractivity contribution is 7.71. The van der Waals surface area contributed by atoms with Crippen LogP contribution < -0.4 is 0 Å². The van der Waals surface area contributed by atoms with E-state index in [1.54, 1.807) is 0 Å². The molecule has 0 bridgehead atoms. The number of rotatable bonds is 4. The molecule has 2 aliphatic carbocycles. The second-order valence-corrected chi connectivity index (χ2v) is 5.12. The van der Waals surface area contributed by atoms with E-state index in [1.165, 1.54) is 18.7 Å². The molecule has 2 fully saturated rings. The van der Waals surface area contributed by atoms with Crippen LogP contribution >= 0.6 is 12.2 Å². The number of aromatic nitrogens is 3. The fraction of sp³-hybridized carbons (Fsp3) is 0.818. The molecule has 1 heterocycles. The van der Waals surface area contributed by atoms with E-state index >= 15 is 0 Å². The van der Waals surface area contributed by atoms with E-state index < -0.39 is 0 Å². The zero-order chi connectivity index (χ0) is 11.1. The quantitative estimate of drug-likeness (QED) is 0.821. The maximum absolute atomic E-state index is 5.58. The monoisotopic (exact) mass is 239 g/mol. The lowest BCUT2D eigenvalue weighted by molar-refractivity contribution is -0.0207. The maximum Gasteiger partial charge on any atom is 0.195 e. The minimum Gasteiger partial charge on any atom is -0.378 e. The van der Waals surface area contributed by atoms with Gasteiger partial charge in [0.1, 0.15) is 5.82 Å². The molecule has 0 aromatic carbocycles. The van der Waals surface area contributed by atoms with Crippen molar-refractivity contribution in [1.82, 2.24) is 14.8 Å². The summed E-state index contributed by atoms with van der Waals surface area (Å²) in [6, 6.07) is 0.512. The van der Waals surface area contributed by atoms with E-state index in [0.717, 1.165) is 24.2 Å². The summed E-state index contributed by atoms with van der Waals surface area (Å²) in [6.45, 7) is 2.86. The molecular weight excluding hydrogens is 222 g/mol. The van der Waals surface area contributed by atoms with Gasteiger partial charge in [0.15, 0.2) is 4.77 Å². The highest BCUT2D eigenvalue weighted by Gasteiger charge is 2.36. The van der Waals surface area contributed by atoms with Gasteiger partial charge in [-0.15, -0.1) is 0 Å². The summed E-state index contributed by atoms with van der Waals surface area (Å²) in [5, 5.41) is 7.29. The molecule has 2 aliphatic rings. The third-order valence-electron chi connectivity index (χ3n) is 3.51. The first kappa shape index (κ1) is 10.5. The SMILES string of the molecule is CCOC1CC(n2c(C3CC3)n[nH]c2=S)C1. The third kappa shape index (κ3) is 1.72. The van der Waals surface area contributed by atoms with Gasteiger partial charge in [-0.2, -0.15) is 5.10 Å². The van der Waals surface area contributed by atoms with Crippen molar-refractivity contribution in [2.45, 2.75) is 50.7 Å². The lowest BCUT2D eigenvalue weighted by Crippen LogP contribution is -2.34. The lowest BCUT2D eigenvalue weighted by Gasteiger charge is -2.36. The van der Waals surface area contributed by atoms with Gasteiger partial charge in [0.05, 0.1) is 6.10 Å². The second kappa shape index (κ2) is 3.96. The van der Waals surface area contributed by atoms with Crippen LogP contribution in [0.5, 0.6) is 0 Å². The number of H-pyrrole nitrogens is 1. The highest BCUT2D eigenvalue weighted by Crippen LogP contribution is 2.43. The van der Waals surface area contributed by atoms with Crippen LogP contribution in [0.25, 0.3) is 0 Å². The molecule has 3 rings (SSSR count). The van der Waals surface area contributed by atoms with Crippen LogP contribution in [0.4, 0.5) is 0 Å². The smallest absolute Gasteiger partial charge is 0.195 e. The van der Waals surface area contributed by atoms with Crippen LogP contribution in [-0.2, 0) is 4.74 Å². The first-order valence-corrected chi connectivity index (χ1v) is 6.48. The van der Waals surface area contributed by atoms with Crippen LogP contribution in [0.15, 0.2) is 0 Å². The average Bonchev–Trinajstić information content (AvgIpc) is 2.98. The number of hydrogen-bond acceptors (Lipinski definition) is 3. The first-order valence-electron chi connectivity index (χ1n) is 6.08. The van der Waals surface area contributed by atoms with Gasteiger partial charge in [-0.05, 0) is 44.8 Å². The first-order chi connectivity index (χ1) is 7.79. The number of hydrogen-bond donors (Lipinski definition) is 1. The topological polar surface area (TPSA) is 42.8 Å². The molecule has 1 aromatic heterocycles. The summed E-state index contributed by atoms with van der Waals surface area (Å²) < 4.78 is 8.59. The Kier molecular flexibility index (Phi) is 2.59. The van der Waals surface area contributed by atoms with Gasteiger partial charge in [0, 0.05) is 18.6 Å². The molecular formula is C11H17N3OS. The van der Waals surface area contributed by atoms with Crippen molar-refractivity contribution in [3.05, 3.63) is 10.6 Å². The van der Waals surface area contributed by atoms with Crippen LogP contribution in [0.2, 0.25) is 0 Å². The summed E-state index contributed by atoms with van der Waals surface area (Å²) in [6.07, 6.45) is 5.13. The second-order valence-electron chi connectivity index (χ2n) is 4.73. The Morgan fingerprint density at radius 2 is 2.25 bits per heavy atom. The molecule has 5 heteroatoms. The normalized spacial score (nSPS) is 29.1. The predicted octanol–water partition coefficient (Wildman–Crippen LogP) is 2.56. The molecule has 1 aromatic rings. The van der Waals surface area contributed by atoms with Gasteiger partial charge in [0.2, 0.25) is 0 Å². The van der Waals surface area contributed by atoms with Crippen molar-refractivity contribution >= 4 is 12.2 Å². The molecule has 2 saturated carbocycles. The Labute approximate surface area is 100 Å². The van der Waals surface area contributed by atoms with E-state index in [4.69, 9.17) is 17.0 Å². The fourth-order valence-electron chi connectivity index (χ4n) is 2.42. The standard InChI is InChI=1S/C11H17N3OS/c1-2-15-9-5-8(6-9)14-10(7-3-4-7)12-13-11(14)16/h7-9H,2-6H2,1H3,(H,13,16). The molecule has 16 heavy (non-hydrogen) atoms.